The number of H-pyrrole nitrogens is 1. The number of nitrogens with zero attached hydrogens (tertiary/aromatic N) is 3. The van der Waals surface area contributed by atoms with Gasteiger partial charge in [0.25, 0.3) is 5.56 Å². The maximum atomic E-state index is 13.4. The van der Waals surface area contributed by atoms with Crippen molar-refractivity contribution in [3.63, 3.8) is 0 Å². The van der Waals surface area contributed by atoms with E-state index in [0.29, 0.717) is 22.6 Å². The number of carbonyl (C=O) groups is 1. The Morgan fingerprint density at radius 1 is 1.40 bits per heavy atom. The fourth-order valence-corrected chi connectivity index (χ4v) is 2.48. The second kappa shape index (κ2) is 7.02. The molecule has 0 aliphatic rings. The van der Waals surface area contributed by atoms with E-state index in [1.165, 1.54) is 29.1 Å². The lowest BCUT2D eigenvalue weighted by Crippen LogP contribution is -2.27. The Bertz CT molecular complexity index is 959. The van der Waals surface area contributed by atoms with Crippen molar-refractivity contribution in [3.05, 3.63) is 57.2 Å². The van der Waals surface area contributed by atoms with Crippen LogP contribution in [0.1, 0.15) is 17.9 Å². The van der Waals surface area contributed by atoms with Crippen LogP contribution in [-0.2, 0) is 17.9 Å². The summed E-state index contributed by atoms with van der Waals surface area (Å²) in [6.07, 6.45) is 1.55. The van der Waals surface area contributed by atoms with Crippen molar-refractivity contribution < 1.29 is 9.18 Å². The first kappa shape index (κ1) is 17.1. The predicted molar refractivity (Wildman–Crippen MR) is 90.8 cm³/mol. The standard InChI is InChI=1S/C16H15ClFN5O2/c1-9-4-16(25)23(8-20-9)3-2-15(24)19-7-14-21-12-5-10(17)11(18)6-13(12)22-14/h4-6,8H,2-3,7H2,1H3,(H,19,24)(H,21,22). The highest BCUT2D eigenvalue weighted by Crippen LogP contribution is 2.21. The van der Waals surface area contributed by atoms with Crippen molar-refractivity contribution in [1.82, 2.24) is 24.8 Å². The minimum atomic E-state index is -0.537. The maximum absolute atomic E-state index is 13.4. The fraction of sp³-hybridized carbons (Fsp3) is 0.250. The number of halogens is 2. The van der Waals surface area contributed by atoms with Crippen molar-refractivity contribution in [1.29, 1.82) is 0 Å². The molecule has 0 radical (unpaired) electrons. The van der Waals surface area contributed by atoms with Crippen LogP contribution in [0.3, 0.4) is 0 Å². The summed E-state index contributed by atoms with van der Waals surface area (Å²) in [5, 5.41) is 2.69. The Morgan fingerprint density at radius 2 is 2.20 bits per heavy atom. The first-order valence-corrected chi connectivity index (χ1v) is 7.93. The molecule has 0 aliphatic carbocycles. The number of carbonyl (C=O) groups excluding carboxylic acids is 1. The zero-order valence-corrected chi connectivity index (χ0v) is 14.1. The first-order valence-electron chi connectivity index (χ1n) is 7.56. The maximum Gasteiger partial charge on any atom is 0.253 e. The summed E-state index contributed by atoms with van der Waals surface area (Å²) < 4.78 is 14.8. The molecular formula is C16H15ClFN5O2. The van der Waals surface area contributed by atoms with Crippen LogP contribution >= 0.6 is 11.6 Å². The van der Waals surface area contributed by atoms with Gasteiger partial charge in [-0.1, -0.05) is 11.6 Å². The van der Waals surface area contributed by atoms with E-state index in [0.717, 1.165) is 0 Å². The molecule has 25 heavy (non-hydrogen) atoms. The fourth-order valence-electron chi connectivity index (χ4n) is 2.32. The average Bonchev–Trinajstić information content (AvgIpc) is 2.94. The molecular weight excluding hydrogens is 349 g/mol. The SMILES string of the molecule is Cc1cc(=O)n(CCC(=O)NCc2nc3cc(Cl)c(F)cc3[nH]2)cn1. The third-order valence-electron chi connectivity index (χ3n) is 3.62. The average molecular weight is 364 g/mol. The Hall–Kier alpha value is -2.74. The Balaban J connectivity index is 1.58. The minimum Gasteiger partial charge on any atom is -0.349 e. The van der Waals surface area contributed by atoms with Crippen molar-refractivity contribution in [2.24, 2.45) is 0 Å². The van der Waals surface area contributed by atoms with Gasteiger partial charge in [0.15, 0.2) is 0 Å². The first-order chi connectivity index (χ1) is 11.9. The molecule has 1 amide bonds. The van der Waals surface area contributed by atoms with E-state index in [9.17, 15) is 14.0 Å². The summed E-state index contributed by atoms with van der Waals surface area (Å²) in [6, 6.07) is 4.09. The quantitative estimate of drug-likeness (QED) is 0.724. The Morgan fingerprint density at radius 3 is 2.96 bits per heavy atom. The van der Waals surface area contributed by atoms with Gasteiger partial charge in [-0.2, -0.15) is 0 Å². The van der Waals surface area contributed by atoms with Gasteiger partial charge in [-0.25, -0.2) is 14.4 Å². The molecule has 2 N–H and O–H groups in total. The number of benzene rings is 1. The Kier molecular flexibility index (Phi) is 4.80. The summed E-state index contributed by atoms with van der Waals surface area (Å²) in [6.45, 7) is 2.12. The molecule has 9 heteroatoms. The monoisotopic (exact) mass is 363 g/mol. The van der Waals surface area contributed by atoms with E-state index < -0.39 is 5.82 Å². The molecule has 2 aromatic heterocycles. The van der Waals surface area contributed by atoms with Crippen molar-refractivity contribution in [3.8, 4) is 0 Å². The van der Waals surface area contributed by atoms with Crippen LogP contribution in [0.25, 0.3) is 11.0 Å². The van der Waals surface area contributed by atoms with Crippen LogP contribution in [0, 0.1) is 12.7 Å². The normalized spacial score (nSPS) is 11.0. The molecule has 7 nitrogen and oxygen atoms in total. The summed E-state index contributed by atoms with van der Waals surface area (Å²) in [5.41, 5.74) is 1.46. The van der Waals surface area contributed by atoms with Gasteiger partial charge in [-0.15, -0.1) is 0 Å². The second-order valence-electron chi connectivity index (χ2n) is 5.56. The topological polar surface area (TPSA) is 92.7 Å². The van der Waals surface area contributed by atoms with Crippen LogP contribution in [-0.4, -0.2) is 25.4 Å². The molecule has 0 fully saturated rings. The lowest BCUT2D eigenvalue weighted by Gasteiger charge is -2.06. The summed E-state index contributed by atoms with van der Waals surface area (Å²) in [5.74, 6) is -0.290. The Labute approximate surface area is 146 Å². The number of hydrogen-bond donors (Lipinski definition) is 2. The molecule has 3 rings (SSSR count). The number of imidazole rings is 1. The van der Waals surface area contributed by atoms with Gasteiger partial charge in [0, 0.05) is 30.8 Å². The molecule has 0 bridgehead atoms. The van der Waals surface area contributed by atoms with Crippen molar-refractivity contribution in [2.75, 3.05) is 0 Å². The van der Waals surface area contributed by atoms with E-state index >= 15 is 0 Å². The van der Waals surface area contributed by atoms with Gasteiger partial charge in [0.1, 0.15) is 11.6 Å². The highest BCUT2D eigenvalue weighted by atomic mass is 35.5. The molecule has 2 heterocycles. The smallest absolute Gasteiger partial charge is 0.253 e. The van der Waals surface area contributed by atoms with Gasteiger partial charge in [-0.05, 0) is 13.0 Å². The minimum absolute atomic E-state index is 0.00765. The number of aromatic nitrogens is 4. The number of nitrogens with one attached hydrogen (secondary N) is 2. The van der Waals surface area contributed by atoms with Crippen LogP contribution in [0.4, 0.5) is 4.39 Å². The van der Waals surface area contributed by atoms with E-state index in [4.69, 9.17) is 11.6 Å². The van der Waals surface area contributed by atoms with E-state index in [1.54, 1.807) is 6.92 Å². The zero-order chi connectivity index (χ0) is 18.0. The van der Waals surface area contributed by atoms with Crippen LogP contribution < -0.4 is 10.9 Å². The lowest BCUT2D eigenvalue weighted by molar-refractivity contribution is -0.121. The summed E-state index contributed by atoms with van der Waals surface area (Å²) in [7, 11) is 0. The van der Waals surface area contributed by atoms with Crippen LogP contribution in [0.5, 0.6) is 0 Å². The molecule has 0 atom stereocenters. The van der Waals surface area contributed by atoms with Crippen LogP contribution in [0.2, 0.25) is 5.02 Å². The molecule has 0 saturated heterocycles. The number of rotatable bonds is 5. The number of hydrogen-bond acceptors (Lipinski definition) is 4. The molecule has 130 valence electrons. The van der Waals surface area contributed by atoms with E-state index in [1.807, 2.05) is 0 Å². The van der Waals surface area contributed by atoms with Crippen LogP contribution in [0.15, 0.2) is 29.3 Å². The largest absolute Gasteiger partial charge is 0.349 e. The number of amides is 1. The number of fused-ring (bicyclic) bond motifs is 1. The van der Waals surface area contributed by atoms with Gasteiger partial charge < -0.3 is 10.3 Å². The lowest BCUT2D eigenvalue weighted by atomic mass is 10.3. The summed E-state index contributed by atoms with van der Waals surface area (Å²) in [4.78, 5) is 34.8. The summed E-state index contributed by atoms with van der Waals surface area (Å²) >= 11 is 5.71. The number of aromatic amines is 1. The zero-order valence-electron chi connectivity index (χ0n) is 13.3. The molecule has 3 aromatic rings. The van der Waals surface area contributed by atoms with E-state index in [2.05, 4.69) is 20.3 Å². The van der Waals surface area contributed by atoms with Gasteiger partial charge in [0.05, 0.1) is 28.9 Å². The molecule has 1 aromatic carbocycles. The molecule has 0 spiro atoms. The predicted octanol–water partition coefficient (Wildman–Crippen LogP) is 1.93. The van der Waals surface area contributed by atoms with E-state index in [-0.39, 0.29) is 36.0 Å². The second-order valence-corrected chi connectivity index (χ2v) is 5.96. The third-order valence-corrected chi connectivity index (χ3v) is 3.91. The van der Waals surface area contributed by atoms with Crippen molar-refractivity contribution in [2.45, 2.75) is 26.4 Å². The highest BCUT2D eigenvalue weighted by Gasteiger charge is 2.09. The number of aryl methyl sites for hydroxylation is 2. The van der Waals surface area contributed by atoms with Crippen molar-refractivity contribution >= 4 is 28.5 Å². The van der Waals surface area contributed by atoms with Gasteiger partial charge in [0.2, 0.25) is 5.91 Å². The van der Waals surface area contributed by atoms with Gasteiger partial charge in [-0.3, -0.25) is 14.2 Å². The third kappa shape index (κ3) is 4.03. The molecule has 0 unspecified atom stereocenters. The molecule has 0 aliphatic heterocycles. The van der Waals surface area contributed by atoms with Gasteiger partial charge >= 0.3 is 0 Å². The molecule has 0 saturated carbocycles. The highest BCUT2D eigenvalue weighted by molar-refractivity contribution is 6.31.